The summed E-state index contributed by atoms with van der Waals surface area (Å²) in [6, 6.07) is 13.5. The Bertz CT molecular complexity index is 672. The monoisotopic (exact) mass is 330 g/mol. The number of phenols is 1. The van der Waals surface area contributed by atoms with Crippen LogP contribution in [0, 0.1) is 5.82 Å². The van der Waals surface area contributed by atoms with Crippen LogP contribution in [0.2, 0.25) is 0 Å². The van der Waals surface area contributed by atoms with Gasteiger partial charge in [-0.25, -0.2) is 4.39 Å². The minimum Gasteiger partial charge on any atom is -0.508 e. The number of halogens is 1. The summed E-state index contributed by atoms with van der Waals surface area (Å²) in [5.41, 5.74) is 1.72. The smallest absolute Gasteiger partial charge is 0.123 e. The van der Waals surface area contributed by atoms with E-state index in [2.05, 4.69) is 9.80 Å². The van der Waals surface area contributed by atoms with E-state index < -0.39 is 6.10 Å². The van der Waals surface area contributed by atoms with E-state index in [1.54, 1.807) is 24.3 Å². The van der Waals surface area contributed by atoms with E-state index in [0.29, 0.717) is 17.9 Å². The molecule has 0 bridgehead atoms. The lowest BCUT2D eigenvalue weighted by Gasteiger charge is -2.35. The molecule has 1 atom stereocenters. The van der Waals surface area contributed by atoms with Crippen molar-refractivity contribution >= 4 is 0 Å². The van der Waals surface area contributed by atoms with Crippen LogP contribution in [0.1, 0.15) is 17.2 Å². The van der Waals surface area contributed by atoms with E-state index in [1.807, 2.05) is 12.1 Å². The van der Waals surface area contributed by atoms with Gasteiger partial charge in [0.05, 0.1) is 6.10 Å². The number of β-amino-alcohol motifs (C(OH)–C–C–N with tert-alkyl or cyclic N) is 1. The van der Waals surface area contributed by atoms with E-state index in [0.717, 1.165) is 38.3 Å². The highest BCUT2D eigenvalue weighted by Gasteiger charge is 2.20. The van der Waals surface area contributed by atoms with Crippen LogP contribution in [0.3, 0.4) is 0 Å². The maximum absolute atomic E-state index is 13.2. The molecular weight excluding hydrogens is 307 g/mol. The highest BCUT2D eigenvalue weighted by atomic mass is 19.1. The zero-order chi connectivity index (χ0) is 16.9. The summed E-state index contributed by atoms with van der Waals surface area (Å²) in [6.45, 7) is 4.88. The van der Waals surface area contributed by atoms with Crippen LogP contribution in [0.4, 0.5) is 4.39 Å². The molecule has 4 nitrogen and oxygen atoms in total. The van der Waals surface area contributed by atoms with Gasteiger partial charge >= 0.3 is 0 Å². The Hall–Kier alpha value is -1.95. The van der Waals surface area contributed by atoms with Crippen molar-refractivity contribution < 1.29 is 14.6 Å². The van der Waals surface area contributed by atoms with Crippen molar-refractivity contribution in [3.8, 4) is 5.75 Å². The molecule has 0 amide bonds. The third kappa shape index (κ3) is 4.54. The van der Waals surface area contributed by atoms with Crippen molar-refractivity contribution in [1.29, 1.82) is 0 Å². The zero-order valence-corrected chi connectivity index (χ0v) is 13.6. The fraction of sp³-hybridized carbons (Fsp3) is 0.368. The quantitative estimate of drug-likeness (QED) is 0.884. The van der Waals surface area contributed by atoms with E-state index >= 15 is 0 Å². The van der Waals surface area contributed by atoms with Crippen molar-refractivity contribution in [2.45, 2.75) is 12.6 Å². The van der Waals surface area contributed by atoms with Crippen LogP contribution in [0.5, 0.6) is 5.75 Å². The molecule has 2 N–H and O–H groups in total. The van der Waals surface area contributed by atoms with Crippen molar-refractivity contribution in [3.05, 3.63) is 65.5 Å². The number of piperazine rings is 1. The van der Waals surface area contributed by atoms with Crippen LogP contribution >= 0.6 is 0 Å². The maximum atomic E-state index is 13.2. The number of hydrogen-bond donors (Lipinski definition) is 2. The molecule has 1 aliphatic rings. The van der Waals surface area contributed by atoms with Gasteiger partial charge in [0.25, 0.3) is 0 Å². The molecule has 0 aromatic heterocycles. The second-order valence-corrected chi connectivity index (χ2v) is 6.32. The minimum absolute atomic E-state index is 0.296. The van der Waals surface area contributed by atoms with Crippen LogP contribution in [0.25, 0.3) is 0 Å². The largest absolute Gasteiger partial charge is 0.508 e. The van der Waals surface area contributed by atoms with Crippen LogP contribution in [0.15, 0.2) is 48.5 Å². The Morgan fingerprint density at radius 1 is 0.958 bits per heavy atom. The van der Waals surface area contributed by atoms with Crippen LogP contribution in [-0.4, -0.2) is 52.7 Å². The topological polar surface area (TPSA) is 46.9 Å². The average Bonchev–Trinajstić information content (AvgIpc) is 2.57. The maximum Gasteiger partial charge on any atom is 0.123 e. The number of benzene rings is 2. The number of aliphatic hydroxyl groups excluding tert-OH is 1. The van der Waals surface area contributed by atoms with E-state index in [1.165, 1.54) is 12.1 Å². The van der Waals surface area contributed by atoms with Gasteiger partial charge in [0.15, 0.2) is 0 Å². The third-order valence-electron chi connectivity index (χ3n) is 4.45. The predicted octanol–water partition coefficient (Wildman–Crippen LogP) is 2.38. The summed E-state index contributed by atoms with van der Waals surface area (Å²) < 4.78 is 13.2. The van der Waals surface area contributed by atoms with Gasteiger partial charge in [-0.05, 0) is 35.4 Å². The number of aliphatic hydroxyl groups is 1. The second-order valence-electron chi connectivity index (χ2n) is 6.32. The molecule has 2 aromatic rings. The molecule has 0 radical (unpaired) electrons. The molecule has 1 heterocycles. The summed E-state index contributed by atoms with van der Waals surface area (Å²) in [7, 11) is 0. The van der Waals surface area contributed by atoms with Gasteiger partial charge in [-0.15, -0.1) is 0 Å². The number of phenolic OH excluding ortho intramolecular Hbond substituents is 1. The molecule has 1 fully saturated rings. The Balaban J connectivity index is 1.48. The predicted molar refractivity (Wildman–Crippen MR) is 91.2 cm³/mol. The number of rotatable bonds is 5. The van der Waals surface area contributed by atoms with Gasteiger partial charge in [0, 0.05) is 39.3 Å². The lowest BCUT2D eigenvalue weighted by molar-refractivity contribution is 0.0699. The first-order valence-corrected chi connectivity index (χ1v) is 8.26. The summed E-state index contributed by atoms with van der Waals surface area (Å²) in [5.74, 6) is -0.0214. The highest BCUT2D eigenvalue weighted by molar-refractivity contribution is 5.27. The zero-order valence-electron chi connectivity index (χ0n) is 13.6. The number of nitrogens with zero attached hydrogens (tertiary/aromatic N) is 2. The molecule has 5 heteroatoms. The summed E-state index contributed by atoms with van der Waals surface area (Å²) >= 11 is 0. The van der Waals surface area contributed by atoms with Crippen LogP contribution in [-0.2, 0) is 6.54 Å². The standard InChI is InChI=1S/C19H23FN2O2/c20-17-5-2-4-16(12-17)19(24)14-22-9-7-21(8-10-22)13-15-3-1-6-18(23)11-15/h1-6,11-12,19,23-24H,7-10,13-14H2/t19-/m0/s1. The molecule has 0 spiro atoms. The fourth-order valence-corrected chi connectivity index (χ4v) is 3.11. The molecule has 1 saturated heterocycles. The molecule has 24 heavy (non-hydrogen) atoms. The minimum atomic E-state index is -0.668. The Labute approximate surface area is 141 Å². The first kappa shape index (κ1) is 16.9. The molecule has 0 unspecified atom stereocenters. The molecule has 2 aromatic carbocycles. The first-order valence-electron chi connectivity index (χ1n) is 8.26. The van der Waals surface area contributed by atoms with Crippen LogP contribution < -0.4 is 0 Å². The summed E-state index contributed by atoms with van der Waals surface area (Å²) in [6.07, 6.45) is -0.668. The van der Waals surface area contributed by atoms with Gasteiger partial charge in [-0.3, -0.25) is 9.80 Å². The van der Waals surface area contributed by atoms with Gasteiger partial charge in [-0.2, -0.15) is 0 Å². The fourth-order valence-electron chi connectivity index (χ4n) is 3.11. The molecular formula is C19H23FN2O2. The lowest BCUT2D eigenvalue weighted by Crippen LogP contribution is -2.47. The molecule has 0 saturated carbocycles. The van der Waals surface area contributed by atoms with Gasteiger partial charge in [-0.1, -0.05) is 24.3 Å². The Morgan fingerprint density at radius 3 is 2.38 bits per heavy atom. The molecule has 0 aliphatic carbocycles. The molecule has 1 aliphatic heterocycles. The van der Waals surface area contributed by atoms with Gasteiger partial charge < -0.3 is 10.2 Å². The van der Waals surface area contributed by atoms with E-state index in [4.69, 9.17) is 0 Å². The Kier molecular flexibility index (Phi) is 5.45. The lowest BCUT2D eigenvalue weighted by atomic mass is 10.1. The van der Waals surface area contributed by atoms with E-state index in [9.17, 15) is 14.6 Å². The van der Waals surface area contributed by atoms with Gasteiger partial charge in [0.2, 0.25) is 0 Å². The van der Waals surface area contributed by atoms with E-state index in [-0.39, 0.29) is 5.82 Å². The first-order chi connectivity index (χ1) is 11.6. The molecule has 128 valence electrons. The van der Waals surface area contributed by atoms with Crippen molar-refractivity contribution in [3.63, 3.8) is 0 Å². The van der Waals surface area contributed by atoms with Gasteiger partial charge in [0.1, 0.15) is 11.6 Å². The van der Waals surface area contributed by atoms with Crippen molar-refractivity contribution in [1.82, 2.24) is 9.80 Å². The summed E-state index contributed by atoms with van der Waals surface area (Å²) in [5, 5.41) is 19.8. The third-order valence-corrected chi connectivity index (χ3v) is 4.45. The Morgan fingerprint density at radius 2 is 1.67 bits per heavy atom. The number of hydrogen-bond acceptors (Lipinski definition) is 4. The number of aromatic hydroxyl groups is 1. The van der Waals surface area contributed by atoms with Crippen molar-refractivity contribution in [2.75, 3.05) is 32.7 Å². The molecule has 3 rings (SSSR count). The second kappa shape index (κ2) is 7.75. The average molecular weight is 330 g/mol. The summed E-state index contributed by atoms with van der Waals surface area (Å²) in [4.78, 5) is 4.54. The normalized spacial score (nSPS) is 17.8. The van der Waals surface area contributed by atoms with Crippen molar-refractivity contribution in [2.24, 2.45) is 0 Å². The SMILES string of the molecule is Oc1cccc(CN2CCN(C[C@H](O)c3cccc(F)c3)CC2)c1. The highest BCUT2D eigenvalue weighted by Crippen LogP contribution is 2.18.